The molecule has 6 heteroatoms. The second kappa shape index (κ2) is 5.97. The lowest BCUT2D eigenvalue weighted by Gasteiger charge is -2.25. The molecule has 1 aromatic rings. The number of esters is 1. The lowest BCUT2D eigenvalue weighted by atomic mass is 10.3. The van der Waals surface area contributed by atoms with E-state index in [2.05, 4.69) is 10.1 Å². The van der Waals surface area contributed by atoms with Crippen LogP contribution in [0.15, 0.2) is 12.1 Å². The van der Waals surface area contributed by atoms with Crippen molar-refractivity contribution in [3.63, 3.8) is 0 Å². The highest BCUT2D eigenvalue weighted by molar-refractivity contribution is 7.16. The van der Waals surface area contributed by atoms with Crippen LogP contribution >= 0.6 is 11.3 Å². The zero-order chi connectivity index (χ0) is 13.0. The van der Waals surface area contributed by atoms with Gasteiger partial charge in [0.25, 0.3) is 0 Å². The Bertz CT molecular complexity index is 444. The van der Waals surface area contributed by atoms with Gasteiger partial charge >= 0.3 is 5.97 Å². The van der Waals surface area contributed by atoms with Crippen LogP contribution in [-0.2, 0) is 20.7 Å². The van der Waals surface area contributed by atoms with E-state index in [4.69, 9.17) is 0 Å². The predicted octanol–water partition coefficient (Wildman–Crippen LogP) is 0.790. The minimum Gasteiger partial charge on any atom is -0.469 e. The molecule has 1 saturated heterocycles. The molecule has 1 fully saturated rings. The summed E-state index contributed by atoms with van der Waals surface area (Å²) in [5, 5.41) is 4.00. The summed E-state index contributed by atoms with van der Waals surface area (Å²) >= 11 is 1.57. The van der Waals surface area contributed by atoms with Crippen LogP contribution in [0.4, 0.5) is 5.00 Å². The molecule has 2 heterocycles. The molecular weight excluding hydrogens is 252 g/mol. The third kappa shape index (κ3) is 3.08. The van der Waals surface area contributed by atoms with E-state index in [0.29, 0.717) is 25.9 Å². The van der Waals surface area contributed by atoms with Crippen molar-refractivity contribution in [2.45, 2.75) is 12.8 Å². The molecule has 0 bridgehead atoms. The number of nitrogens with one attached hydrogen (secondary N) is 1. The molecule has 98 valence electrons. The molecule has 1 N–H and O–H groups in total. The van der Waals surface area contributed by atoms with Crippen LogP contribution in [0.1, 0.15) is 11.3 Å². The number of hydrogen-bond donors (Lipinski definition) is 1. The van der Waals surface area contributed by atoms with Crippen molar-refractivity contribution in [1.82, 2.24) is 5.32 Å². The van der Waals surface area contributed by atoms with Gasteiger partial charge in [-0.1, -0.05) is 0 Å². The molecule has 5 nitrogen and oxygen atoms in total. The van der Waals surface area contributed by atoms with Gasteiger partial charge in [-0.25, -0.2) is 0 Å². The summed E-state index contributed by atoms with van der Waals surface area (Å²) in [5.41, 5.74) is 0. The zero-order valence-corrected chi connectivity index (χ0v) is 11.1. The fraction of sp³-hybridized carbons (Fsp3) is 0.500. The minimum absolute atomic E-state index is 0.0996. The molecule has 1 aliphatic heterocycles. The van der Waals surface area contributed by atoms with Gasteiger partial charge in [0, 0.05) is 18.0 Å². The molecule has 18 heavy (non-hydrogen) atoms. The summed E-state index contributed by atoms with van der Waals surface area (Å²) in [7, 11) is 1.39. The molecule has 0 radical (unpaired) electrons. The summed E-state index contributed by atoms with van der Waals surface area (Å²) in [6, 6.07) is 3.92. The molecule has 0 unspecified atom stereocenters. The van der Waals surface area contributed by atoms with E-state index in [0.717, 1.165) is 16.4 Å². The van der Waals surface area contributed by atoms with E-state index in [-0.39, 0.29) is 11.9 Å². The number of nitrogens with zero attached hydrogens (tertiary/aromatic N) is 1. The Morgan fingerprint density at radius 2 is 2.39 bits per heavy atom. The van der Waals surface area contributed by atoms with Gasteiger partial charge in [-0.3, -0.25) is 9.59 Å². The number of hydrogen-bond acceptors (Lipinski definition) is 5. The quantitative estimate of drug-likeness (QED) is 0.820. The Morgan fingerprint density at radius 1 is 1.56 bits per heavy atom. The van der Waals surface area contributed by atoms with Gasteiger partial charge in [0.05, 0.1) is 25.1 Å². The van der Waals surface area contributed by atoms with Crippen molar-refractivity contribution < 1.29 is 14.3 Å². The van der Waals surface area contributed by atoms with Crippen LogP contribution in [0.2, 0.25) is 0 Å². The van der Waals surface area contributed by atoms with Crippen LogP contribution in [0.25, 0.3) is 0 Å². The predicted molar refractivity (Wildman–Crippen MR) is 69.9 cm³/mol. The van der Waals surface area contributed by atoms with E-state index in [1.54, 1.807) is 16.2 Å². The van der Waals surface area contributed by atoms with Gasteiger partial charge < -0.3 is 15.0 Å². The average Bonchev–Trinajstić information content (AvgIpc) is 2.85. The van der Waals surface area contributed by atoms with E-state index in [1.165, 1.54) is 7.11 Å². The summed E-state index contributed by atoms with van der Waals surface area (Å²) in [6.07, 6.45) is 1.05. The van der Waals surface area contributed by atoms with Crippen molar-refractivity contribution in [2.24, 2.45) is 0 Å². The van der Waals surface area contributed by atoms with Crippen LogP contribution in [0.5, 0.6) is 0 Å². The minimum atomic E-state index is -0.205. The van der Waals surface area contributed by atoms with Gasteiger partial charge in [0.1, 0.15) is 0 Å². The van der Waals surface area contributed by atoms with E-state index >= 15 is 0 Å². The Hall–Kier alpha value is -1.40. The van der Waals surface area contributed by atoms with Crippen molar-refractivity contribution in [2.75, 3.05) is 31.6 Å². The lowest BCUT2D eigenvalue weighted by Crippen LogP contribution is -2.47. The van der Waals surface area contributed by atoms with Gasteiger partial charge in [-0.15, -0.1) is 11.3 Å². The van der Waals surface area contributed by atoms with Gasteiger partial charge in [-0.2, -0.15) is 0 Å². The maximum atomic E-state index is 11.7. The molecule has 0 atom stereocenters. The molecule has 1 amide bonds. The summed E-state index contributed by atoms with van der Waals surface area (Å²) in [4.78, 5) is 25.7. The normalized spacial score (nSPS) is 15.8. The Balaban J connectivity index is 1.96. The number of thiophene rings is 1. The number of aryl methyl sites for hydroxylation is 1. The number of methoxy groups -OCH3 is 1. The molecule has 1 aliphatic rings. The summed E-state index contributed by atoms with van der Waals surface area (Å²) < 4.78 is 4.61. The largest absolute Gasteiger partial charge is 0.469 e. The Kier molecular flexibility index (Phi) is 4.33. The van der Waals surface area contributed by atoms with Gasteiger partial charge in [0.2, 0.25) is 5.91 Å². The fourth-order valence-electron chi connectivity index (χ4n) is 1.81. The van der Waals surface area contributed by atoms with Crippen LogP contribution in [0.3, 0.4) is 0 Å². The number of anilines is 1. The molecule has 0 aromatic carbocycles. The van der Waals surface area contributed by atoms with Gasteiger partial charge in [0.15, 0.2) is 0 Å². The van der Waals surface area contributed by atoms with E-state index < -0.39 is 0 Å². The second-order valence-corrected chi connectivity index (χ2v) is 5.19. The first-order chi connectivity index (χ1) is 8.70. The van der Waals surface area contributed by atoms with Crippen molar-refractivity contribution in [3.05, 3.63) is 17.0 Å². The first-order valence-corrected chi connectivity index (χ1v) is 6.69. The number of carbonyl (C=O) groups is 2. The number of rotatable bonds is 4. The molecule has 2 rings (SSSR count). The molecule has 0 saturated carbocycles. The highest BCUT2D eigenvalue weighted by Crippen LogP contribution is 2.27. The highest BCUT2D eigenvalue weighted by atomic mass is 32.1. The van der Waals surface area contributed by atoms with E-state index in [9.17, 15) is 9.59 Å². The van der Waals surface area contributed by atoms with Gasteiger partial charge in [-0.05, 0) is 18.6 Å². The topological polar surface area (TPSA) is 58.6 Å². The maximum absolute atomic E-state index is 11.7. The SMILES string of the molecule is COC(=O)CCc1ccc(N2CCNCC2=O)s1. The average molecular weight is 268 g/mol. The summed E-state index contributed by atoms with van der Waals surface area (Å²) in [6.45, 7) is 1.92. The molecular formula is C12H16N2O3S. The Morgan fingerprint density at radius 3 is 3.11 bits per heavy atom. The summed E-state index contributed by atoms with van der Waals surface area (Å²) in [5.74, 6) is -0.106. The smallest absolute Gasteiger partial charge is 0.305 e. The van der Waals surface area contributed by atoms with E-state index in [1.807, 2.05) is 12.1 Å². The molecule has 0 aliphatic carbocycles. The third-order valence-electron chi connectivity index (χ3n) is 2.81. The highest BCUT2D eigenvalue weighted by Gasteiger charge is 2.20. The fourth-order valence-corrected chi connectivity index (χ4v) is 2.86. The third-order valence-corrected chi connectivity index (χ3v) is 3.97. The Labute approximate surface area is 110 Å². The molecule has 1 aromatic heterocycles. The standard InChI is InChI=1S/C12H16N2O3S/c1-17-12(16)5-3-9-2-4-11(18-9)14-7-6-13-8-10(14)15/h2,4,13H,3,5-8H2,1H3. The van der Waals surface area contributed by atoms with Crippen LogP contribution in [-0.4, -0.2) is 38.6 Å². The van der Waals surface area contributed by atoms with Crippen molar-refractivity contribution >= 4 is 28.2 Å². The number of ether oxygens (including phenoxy) is 1. The maximum Gasteiger partial charge on any atom is 0.305 e. The van der Waals surface area contributed by atoms with Crippen LogP contribution < -0.4 is 10.2 Å². The first kappa shape index (κ1) is 13.0. The molecule has 0 spiro atoms. The number of piperazine rings is 1. The van der Waals surface area contributed by atoms with Crippen LogP contribution in [0, 0.1) is 0 Å². The monoisotopic (exact) mass is 268 g/mol. The van der Waals surface area contributed by atoms with Crippen molar-refractivity contribution in [1.29, 1.82) is 0 Å². The lowest BCUT2D eigenvalue weighted by molar-refractivity contribution is -0.140. The zero-order valence-electron chi connectivity index (χ0n) is 10.3. The second-order valence-electron chi connectivity index (χ2n) is 4.04. The first-order valence-electron chi connectivity index (χ1n) is 5.87. The number of amides is 1. The van der Waals surface area contributed by atoms with Crippen molar-refractivity contribution in [3.8, 4) is 0 Å². The number of carbonyl (C=O) groups excluding carboxylic acids is 2.